The van der Waals surface area contributed by atoms with Gasteiger partial charge >= 0.3 is 0 Å². The molecule has 0 aliphatic carbocycles. The van der Waals surface area contributed by atoms with Gasteiger partial charge in [-0.05, 0) is 49.2 Å². The SMILES string of the molecule is CNC(=O)/C(C#N)=C\c1c(Oc2cccc(C)c2)nc2c(C)cccn2c1=O. The Kier molecular flexibility index (Phi) is 5.23. The summed E-state index contributed by atoms with van der Waals surface area (Å²) in [5.74, 6) is -0.0720. The van der Waals surface area contributed by atoms with E-state index in [0.29, 0.717) is 11.4 Å². The molecule has 1 aromatic carbocycles. The lowest BCUT2D eigenvalue weighted by Gasteiger charge is -2.11. The van der Waals surface area contributed by atoms with Gasteiger partial charge in [0.1, 0.15) is 28.6 Å². The maximum atomic E-state index is 13.1. The number of carbonyl (C=O) groups excluding carboxylic acids is 1. The molecule has 0 radical (unpaired) electrons. The maximum absolute atomic E-state index is 13.1. The van der Waals surface area contributed by atoms with Gasteiger partial charge in [0, 0.05) is 13.2 Å². The lowest BCUT2D eigenvalue weighted by Crippen LogP contribution is -2.22. The average molecular weight is 374 g/mol. The first-order valence-corrected chi connectivity index (χ1v) is 8.55. The van der Waals surface area contributed by atoms with Crippen molar-refractivity contribution in [2.45, 2.75) is 13.8 Å². The van der Waals surface area contributed by atoms with Crippen molar-refractivity contribution in [3.8, 4) is 17.7 Å². The normalized spacial score (nSPS) is 11.1. The highest BCUT2D eigenvalue weighted by atomic mass is 16.5. The minimum Gasteiger partial charge on any atom is -0.438 e. The van der Waals surface area contributed by atoms with E-state index < -0.39 is 11.5 Å². The average Bonchev–Trinajstić information content (AvgIpc) is 2.68. The minimum absolute atomic E-state index is 0.0183. The lowest BCUT2D eigenvalue weighted by atomic mass is 10.1. The van der Waals surface area contributed by atoms with Crippen LogP contribution in [-0.4, -0.2) is 22.3 Å². The number of nitriles is 1. The number of hydrogen-bond acceptors (Lipinski definition) is 5. The van der Waals surface area contributed by atoms with Crippen molar-refractivity contribution in [1.29, 1.82) is 5.26 Å². The summed E-state index contributed by atoms with van der Waals surface area (Å²) in [6, 6.07) is 12.7. The Morgan fingerprint density at radius 3 is 2.75 bits per heavy atom. The number of ether oxygens (including phenoxy) is 1. The zero-order valence-corrected chi connectivity index (χ0v) is 15.7. The number of pyridine rings is 1. The first-order chi connectivity index (χ1) is 13.4. The Morgan fingerprint density at radius 2 is 2.07 bits per heavy atom. The fourth-order valence-electron chi connectivity index (χ4n) is 2.71. The molecule has 1 amide bonds. The summed E-state index contributed by atoms with van der Waals surface area (Å²) in [5.41, 5.74) is 1.56. The van der Waals surface area contributed by atoms with Gasteiger partial charge in [-0.15, -0.1) is 0 Å². The first-order valence-electron chi connectivity index (χ1n) is 8.55. The largest absolute Gasteiger partial charge is 0.438 e. The summed E-state index contributed by atoms with van der Waals surface area (Å²) in [6.07, 6.45) is 2.78. The number of hydrogen-bond donors (Lipinski definition) is 1. The number of aryl methyl sites for hydroxylation is 2. The molecule has 0 aliphatic rings. The fourth-order valence-corrected chi connectivity index (χ4v) is 2.71. The van der Waals surface area contributed by atoms with Crippen LogP contribution < -0.4 is 15.6 Å². The van der Waals surface area contributed by atoms with E-state index in [9.17, 15) is 14.9 Å². The van der Waals surface area contributed by atoms with Gasteiger partial charge in [-0.25, -0.2) is 0 Å². The molecule has 140 valence electrons. The van der Waals surface area contributed by atoms with Crippen LogP contribution in [0, 0.1) is 25.2 Å². The topological polar surface area (TPSA) is 96.5 Å². The van der Waals surface area contributed by atoms with Crippen molar-refractivity contribution in [3.63, 3.8) is 0 Å². The van der Waals surface area contributed by atoms with Gasteiger partial charge in [0.05, 0.1) is 0 Å². The zero-order valence-electron chi connectivity index (χ0n) is 15.7. The van der Waals surface area contributed by atoms with Crippen molar-refractivity contribution < 1.29 is 9.53 Å². The molecule has 1 N–H and O–H groups in total. The second kappa shape index (κ2) is 7.76. The number of benzene rings is 1. The molecule has 0 bridgehead atoms. The Hall–Kier alpha value is -3.92. The number of amides is 1. The van der Waals surface area contributed by atoms with E-state index >= 15 is 0 Å². The standard InChI is InChI=1S/C21H18N4O3/c1-13-6-4-8-16(10-13)28-20-17(11-15(12-22)19(26)23-3)21(27)25-9-5-7-14(2)18(25)24-20/h4-11H,1-3H3,(H,23,26)/b15-11-. The van der Waals surface area contributed by atoms with Crippen molar-refractivity contribution in [3.05, 3.63) is 75.2 Å². The molecule has 3 rings (SSSR count). The number of likely N-dealkylation sites (N-methyl/N-ethyl adjacent to an activating group) is 1. The van der Waals surface area contributed by atoms with E-state index in [4.69, 9.17) is 4.74 Å². The van der Waals surface area contributed by atoms with E-state index in [0.717, 1.165) is 11.1 Å². The summed E-state index contributed by atoms with van der Waals surface area (Å²) in [6.45, 7) is 3.75. The Morgan fingerprint density at radius 1 is 1.29 bits per heavy atom. The zero-order chi connectivity index (χ0) is 20.3. The van der Waals surface area contributed by atoms with E-state index in [1.54, 1.807) is 30.5 Å². The van der Waals surface area contributed by atoms with Gasteiger partial charge < -0.3 is 10.1 Å². The van der Waals surface area contributed by atoms with Crippen LogP contribution in [0.5, 0.6) is 11.6 Å². The van der Waals surface area contributed by atoms with Crippen LogP contribution in [0.15, 0.2) is 53.0 Å². The number of fused-ring (bicyclic) bond motifs is 1. The van der Waals surface area contributed by atoms with Crippen molar-refractivity contribution in [2.24, 2.45) is 0 Å². The molecule has 28 heavy (non-hydrogen) atoms. The predicted octanol–water partition coefficient (Wildman–Crippen LogP) is 2.76. The van der Waals surface area contributed by atoms with Crippen molar-refractivity contribution in [2.75, 3.05) is 7.05 Å². The molecule has 0 spiro atoms. The van der Waals surface area contributed by atoms with E-state index in [1.165, 1.54) is 17.5 Å². The molecule has 0 saturated heterocycles. The second-order valence-corrected chi connectivity index (χ2v) is 6.19. The van der Waals surface area contributed by atoms with Gasteiger partial charge in [-0.3, -0.25) is 14.0 Å². The highest BCUT2D eigenvalue weighted by molar-refractivity contribution is 6.01. The van der Waals surface area contributed by atoms with Crippen LogP contribution in [0.3, 0.4) is 0 Å². The van der Waals surface area contributed by atoms with Gasteiger partial charge in [0.15, 0.2) is 0 Å². The van der Waals surface area contributed by atoms with Gasteiger partial charge in [-0.2, -0.15) is 10.2 Å². The Balaban J connectivity index is 2.29. The van der Waals surface area contributed by atoms with Crippen LogP contribution in [-0.2, 0) is 4.79 Å². The minimum atomic E-state index is -0.599. The highest BCUT2D eigenvalue weighted by Crippen LogP contribution is 2.25. The molecular formula is C21H18N4O3. The Bertz CT molecular complexity index is 1200. The molecule has 7 heteroatoms. The monoisotopic (exact) mass is 374 g/mol. The summed E-state index contributed by atoms with van der Waals surface area (Å²) < 4.78 is 7.25. The second-order valence-electron chi connectivity index (χ2n) is 6.19. The molecule has 0 aliphatic heterocycles. The highest BCUT2D eigenvalue weighted by Gasteiger charge is 2.17. The van der Waals surface area contributed by atoms with Crippen molar-refractivity contribution in [1.82, 2.24) is 14.7 Å². The molecule has 3 aromatic rings. The summed E-state index contributed by atoms with van der Waals surface area (Å²) in [5, 5.41) is 11.7. The summed E-state index contributed by atoms with van der Waals surface area (Å²) >= 11 is 0. The number of aromatic nitrogens is 2. The molecular weight excluding hydrogens is 356 g/mol. The fraction of sp³-hybridized carbons (Fsp3) is 0.143. The maximum Gasteiger partial charge on any atom is 0.269 e. The van der Waals surface area contributed by atoms with E-state index in [1.807, 2.05) is 32.0 Å². The lowest BCUT2D eigenvalue weighted by molar-refractivity contribution is -0.116. The molecule has 0 saturated carbocycles. The van der Waals surface area contributed by atoms with E-state index in [2.05, 4.69) is 10.3 Å². The van der Waals surface area contributed by atoms with Crippen LogP contribution in [0.4, 0.5) is 0 Å². The summed E-state index contributed by atoms with van der Waals surface area (Å²) in [7, 11) is 1.41. The molecule has 0 fully saturated rings. The van der Waals surface area contributed by atoms with Crippen LogP contribution in [0.2, 0.25) is 0 Å². The molecule has 2 aromatic heterocycles. The van der Waals surface area contributed by atoms with Crippen LogP contribution in [0.1, 0.15) is 16.7 Å². The molecule has 7 nitrogen and oxygen atoms in total. The Labute approximate surface area is 161 Å². The predicted molar refractivity (Wildman–Crippen MR) is 105 cm³/mol. The smallest absolute Gasteiger partial charge is 0.269 e. The van der Waals surface area contributed by atoms with Gasteiger partial charge in [0.2, 0.25) is 5.88 Å². The molecule has 0 unspecified atom stereocenters. The van der Waals surface area contributed by atoms with Crippen LogP contribution >= 0.6 is 0 Å². The third-order valence-corrected chi connectivity index (χ3v) is 4.13. The number of rotatable bonds is 4. The molecule has 0 atom stereocenters. The van der Waals surface area contributed by atoms with Crippen molar-refractivity contribution >= 4 is 17.6 Å². The third kappa shape index (κ3) is 3.62. The van der Waals surface area contributed by atoms with Gasteiger partial charge in [-0.1, -0.05) is 18.2 Å². The van der Waals surface area contributed by atoms with Gasteiger partial charge in [0.25, 0.3) is 11.5 Å². The number of nitrogens with one attached hydrogen (secondary N) is 1. The first kappa shape index (κ1) is 18.9. The van der Waals surface area contributed by atoms with Crippen LogP contribution in [0.25, 0.3) is 11.7 Å². The number of nitrogens with zero attached hydrogens (tertiary/aromatic N) is 3. The molecule has 2 heterocycles. The number of carbonyl (C=O) groups is 1. The summed E-state index contributed by atoms with van der Waals surface area (Å²) in [4.78, 5) is 29.5. The quantitative estimate of drug-likeness (QED) is 0.559. The van der Waals surface area contributed by atoms with E-state index in [-0.39, 0.29) is 17.0 Å². The third-order valence-electron chi connectivity index (χ3n) is 4.13.